The van der Waals surface area contributed by atoms with Crippen molar-refractivity contribution in [2.75, 3.05) is 25.1 Å². The van der Waals surface area contributed by atoms with E-state index in [0.717, 1.165) is 6.42 Å². The van der Waals surface area contributed by atoms with Gasteiger partial charge in [0.1, 0.15) is 0 Å². The summed E-state index contributed by atoms with van der Waals surface area (Å²) in [5, 5.41) is 2.71. The van der Waals surface area contributed by atoms with E-state index in [-0.39, 0.29) is 11.8 Å². The normalized spacial score (nSPS) is 15.9. The summed E-state index contributed by atoms with van der Waals surface area (Å²) in [5.41, 5.74) is 0.551. The van der Waals surface area contributed by atoms with Crippen molar-refractivity contribution in [3.63, 3.8) is 0 Å². The fraction of sp³-hybridized carbons (Fsp3) is 0.364. The van der Waals surface area contributed by atoms with Crippen LogP contribution in [0.5, 0.6) is 5.75 Å². The van der Waals surface area contributed by atoms with Gasteiger partial charge in [-0.1, -0.05) is 0 Å². The van der Waals surface area contributed by atoms with Crippen LogP contribution in [-0.4, -0.2) is 26.2 Å². The molecule has 0 radical (unpaired) electrons. The number of urea groups is 1. The van der Waals surface area contributed by atoms with Gasteiger partial charge in [-0.15, -0.1) is 0 Å². The van der Waals surface area contributed by atoms with Crippen LogP contribution >= 0.6 is 0 Å². The number of methoxy groups -OCH3 is 1. The summed E-state index contributed by atoms with van der Waals surface area (Å²) in [4.78, 5) is 13.0. The Labute approximate surface area is 93.0 Å². The monoisotopic (exact) mass is 224 g/mol. The zero-order valence-corrected chi connectivity index (χ0v) is 9.00. The number of nitrogens with zero attached hydrogens (tertiary/aromatic N) is 1. The molecule has 1 saturated heterocycles. The van der Waals surface area contributed by atoms with Crippen molar-refractivity contribution in [3.05, 3.63) is 24.0 Å². The molecule has 0 aromatic heterocycles. The highest BCUT2D eigenvalue weighted by molar-refractivity contribution is 5.92. The first-order chi connectivity index (χ1) is 7.72. The number of hydrogen-bond acceptors (Lipinski definition) is 2. The van der Waals surface area contributed by atoms with Crippen molar-refractivity contribution in [2.24, 2.45) is 0 Å². The molecule has 1 aliphatic rings. The van der Waals surface area contributed by atoms with Gasteiger partial charge in [-0.3, -0.25) is 4.90 Å². The molecular weight excluding hydrogens is 211 g/mol. The maximum Gasteiger partial charge on any atom is 0.321 e. The third-order valence-electron chi connectivity index (χ3n) is 2.53. The Kier molecular flexibility index (Phi) is 2.94. The van der Waals surface area contributed by atoms with E-state index in [1.807, 2.05) is 0 Å². The molecule has 2 amide bonds. The van der Waals surface area contributed by atoms with Gasteiger partial charge in [-0.25, -0.2) is 9.18 Å². The van der Waals surface area contributed by atoms with Gasteiger partial charge in [0.05, 0.1) is 7.11 Å². The van der Waals surface area contributed by atoms with E-state index >= 15 is 0 Å². The van der Waals surface area contributed by atoms with Gasteiger partial charge in [0.2, 0.25) is 0 Å². The number of benzene rings is 1. The summed E-state index contributed by atoms with van der Waals surface area (Å²) >= 11 is 0. The Balaban J connectivity index is 2.26. The van der Waals surface area contributed by atoms with E-state index in [4.69, 9.17) is 4.74 Å². The van der Waals surface area contributed by atoms with Gasteiger partial charge in [-0.05, 0) is 18.6 Å². The maximum absolute atomic E-state index is 13.4. The summed E-state index contributed by atoms with van der Waals surface area (Å²) in [5.74, 6) is -0.278. The third kappa shape index (κ3) is 1.93. The maximum atomic E-state index is 13.4. The largest absolute Gasteiger partial charge is 0.494 e. The van der Waals surface area contributed by atoms with Crippen LogP contribution in [0.2, 0.25) is 0 Å². The van der Waals surface area contributed by atoms with Crippen molar-refractivity contribution in [1.82, 2.24) is 5.32 Å². The fourth-order valence-electron chi connectivity index (χ4n) is 1.70. The lowest BCUT2D eigenvalue weighted by Crippen LogP contribution is -2.46. The molecule has 0 unspecified atom stereocenters. The molecular formula is C11H13FN2O2. The molecule has 1 heterocycles. The molecule has 0 aliphatic carbocycles. The zero-order chi connectivity index (χ0) is 11.5. The Hall–Kier alpha value is -1.78. The number of nitrogens with one attached hydrogen (secondary N) is 1. The van der Waals surface area contributed by atoms with Crippen LogP contribution in [0.15, 0.2) is 18.2 Å². The lowest BCUT2D eigenvalue weighted by Gasteiger charge is -2.27. The van der Waals surface area contributed by atoms with Crippen molar-refractivity contribution < 1.29 is 13.9 Å². The molecule has 2 rings (SSSR count). The molecule has 0 atom stereocenters. The molecule has 16 heavy (non-hydrogen) atoms. The van der Waals surface area contributed by atoms with E-state index in [1.54, 1.807) is 6.07 Å². The molecule has 1 aromatic rings. The molecule has 86 valence electrons. The number of carbonyl (C=O) groups is 1. The molecule has 1 aromatic carbocycles. The Morgan fingerprint density at radius 3 is 2.94 bits per heavy atom. The van der Waals surface area contributed by atoms with E-state index in [1.165, 1.54) is 24.1 Å². The number of hydrogen-bond donors (Lipinski definition) is 1. The molecule has 0 bridgehead atoms. The Bertz CT molecular complexity index is 409. The number of anilines is 1. The van der Waals surface area contributed by atoms with Crippen LogP contribution in [0.1, 0.15) is 6.42 Å². The van der Waals surface area contributed by atoms with Gasteiger partial charge in [0.15, 0.2) is 11.6 Å². The van der Waals surface area contributed by atoms with Crippen LogP contribution in [0.25, 0.3) is 0 Å². The standard InChI is InChI=1S/C11H13FN2O2/c1-16-10-4-3-8(7-9(10)12)14-6-2-5-13-11(14)15/h3-4,7H,2,5-6H2,1H3,(H,13,15). The Morgan fingerprint density at radius 1 is 1.50 bits per heavy atom. The minimum absolute atomic E-state index is 0.182. The average Bonchev–Trinajstić information content (AvgIpc) is 2.29. The minimum Gasteiger partial charge on any atom is -0.494 e. The summed E-state index contributed by atoms with van der Waals surface area (Å²) in [7, 11) is 1.41. The van der Waals surface area contributed by atoms with Crippen molar-refractivity contribution in [2.45, 2.75) is 6.42 Å². The van der Waals surface area contributed by atoms with Crippen LogP contribution < -0.4 is 15.0 Å². The van der Waals surface area contributed by atoms with Gasteiger partial charge < -0.3 is 10.1 Å². The van der Waals surface area contributed by atoms with Crippen LogP contribution in [-0.2, 0) is 0 Å². The molecule has 1 fully saturated rings. The molecule has 4 nitrogen and oxygen atoms in total. The van der Waals surface area contributed by atoms with E-state index in [2.05, 4.69) is 5.32 Å². The highest BCUT2D eigenvalue weighted by atomic mass is 19.1. The van der Waals surface area contributed by atoms with Crippen molar-refractivity contribution in [1.29, 1.82) is 0 Å². The summed E-state index contributed by atoms with van der Waals surface area (Å²) in [6.07, 6.45) is 0.861. The number of carbonyl (C=O) groups excluding carboxylic acids is 1. The second-order valence-electron chi connectivity index (χ2n) is 3.56. The molecule has 0 saturated carbocycles. The van der Waals surface area contributed by atoms with Gasteiger partial charge in [-0.2, -0.15) is 0 Å². The van der Waals surface area contributed by atoms with Gasteiger partial charge >= 0.3 is 6.03 Å². The average molecular weight is 224 g/mol. The van der Waals surface area contributed by atoms with Gasteiger partial charge in [0, 0.05) is 24.8 Å². The highest BCUT2D eigenvalue weighted by Gasteiger charge is 2.20. The summed E-state index contributed by atoms with van der Waals surface area (Å²) in [6.45, 7) is 1.28. The summed E-state index contributed by atoms with van der Waals surface area (Å²) in [6, 6.07) is 4.32. The van der Waals surface area contributed by atoms with E-state index in [0.29, 0.717) is 18.8 Å². The molecule has 1 N–H and O–H groups in total. The molecule has 1 aliphatic heterocycles. The number of halogens is 1. The van der Waals surface area contributed by atoms with Crippen LogP contribution in [0.4, 0.5) is 14.9 Å². The minimum atomic E-state index is -0.460. The number of rotatable bonds is 2. The second kappa shape index (κ2) is 4.38. The van der Waals surface area contributed by atoms with Crippen LogP contribution in [0.3, 0.4) is 0 Å². The predicted molar refractivity (Wildman–Crippen MR) is 58.3 cm³/mol. The van der Waals surface area contributed by atoms with Gasteiger partial charge in [0.25, 0.3) is 0 Å². The van der Waals surface area contributed by atoms with Crippen LogP contribution in [0, 0.1) is 5.82 Å². The Morgan fingerprint density at radius 2 is 2.31 bits per heavy atom. The first-order valence-corrected chi connectivity index (χ1v) is 5.11. The SMILES string of the molecule is COc1ccc(N2CCCNC2=O)cc1F. The smallest absolute Gasteiger partial charge is 0.321 e. The lowest BCUT2D eigenvalue weighted by molar-refractivity contribution is 0.243. The fourth-order valence-corrected chi connectivity index (χ4v) is 1.70. The second-order valence-corrected chi connectivity index (χ2v) is 3.56. The number of amides is 2. The predicted octanol–water partition coefficient (Wildman–Crippen LogP) is 1.75. The first kappa shape index (κ1) is 10.7. The quantitative estimate of drug-likeness (QED) is 0.831. The summed E-state index contributed by atoms with van der Waals surface area (Å²) < 4.78 is 18.3. The number of ether oxygens (including phenoxy) is 1. The van der Waals surface area contributed by atoms with Crippen molar-refractivity contribution in [3.8, 4) is 5.75 Å². The zero-order valence-electron chi connectivity index (χ0n) is 9.00. The highest BCUT2D eigenvalue weighted by Crippen LogP contribution is 2.24. The van der Waals surface area contributed by atoms with E-state index in [9.17, 15) is 9.18 Å². The molecule has 5 heteroatoms. The molecule has 0 spiro atoms. The lowest BCUT2D eigenvalue weighted by atomic mass is 10.2. The first-order valence-electron chi connectivity index (χ1n) is 5.11. The van der Waals surface area contributed by atoms with Crippen molar-refractivity contribution >= 4 is 11.7 Å². The van der Waals surface area contributed by atoms with E-state index < -0.39 is 5.82 Å². The topological polar surface area (TPSA) is 41.6 Å². The third-order valence-corrected chi connectivity index (χ3v) is 2.53.